The summed E-state index contributed by atoms with van der Waals surface area (Å²) in [6.45, 7) is 8.28. The molecule has 0 unspecified atom stereocenters. The van der Waals surface area contributed by atoms with E-state index in [2.05, 4.69) is 16.8 Å². The van der Waals surface area contributed by atoms with Crippen LogP contribution in [0.2, 0.25) is 0 Å². The summed E-state index contributed by atoms with van der Waals surface area (Å²) in [4.78, 5) is 20.8. The molecule has 2 rings (SSSR count). The smallest absolute Gasteiger partial charge is 0.249 e. The molecule has 0 bridgehead atoms. The standard InChI is InChI=1S/C16H23N3O/c1-3-6-14(2)16(20)19-11-9-18(10-12-19)13-15-7-4-5-8-17-15/h4-8H,3,9-13H2,1-2H3/b14-6-. The monoisotopic (exact) mass is 273 g/mol. The number of carbonyl (C=O) groups is 1. The Kier molecular flexibility index (Phi) is 5.30. The zero-order valence-electron chi connectivity index (χ0n) is 12.4. The minimum absolute atomic E-state index is 0.185. The van der Waals surface area contributed by atoms with Gasteiger partial charge in [-0.1, -0.05) is 19.1 Å². The third-order valence-electron chi connectivity index (χ3n) is 3.62. The Bertz CT molecular complexity index is 462. The van der Waals surface area contributed by atoms with E-state index >= 15 is 0 Å². The number of amides is 1. The molecule has 2 heterocycles. The molecule has 1 aliphatic rings. The molecule has 0 radical (unpaired) electrons. The summed E-state index contributed by atoms with van der Waals surface area (Å²) in [7, 11) is 0. The van der Waals surface area contributed by atoms with Crippen molar-refractivity contribution in [3.63, 3.8) is 0 Å². The number of carbonyl (C=O) groups excluding carboxylic acids is 1. The van der Waals surface area contributed by atoms with Crippen molar-refractivity contribution < 1.29 is 4.79 Å². The van der Waals surface area contributed by atoms with Crippen LogP contribution in [0.25, 0.3) is 0 Å². The van der Waals surface area contributed by atoms with Gasteiger partial charge in [0, 0.05) is 44.5 Å². The molecule has 0 saturated carbocycles. The topological polar surface area (TPSA) is 36.4 Å². The van der Waals surface area contributed by atoms with E-state index in [0.29, 0.717) is 0 Å². The first kappa shape index (κ1) is 14.7. The Morgan fingerprint density at radius 1 is 1.30 bits per heavy atom. The summed E-state index contributed by atoms with van der Waals surface area (Å²) in [5, 5.41) is 0. The van der Waals surface area contributed by atoms with Gasteiger partial charge in [-0.05, 0) is 25.5 Å². The van der Waals surface area contributed by atoms with Crippen molar-refractivity contribution in [2.75, 3.05) is 26.2 Å². The van der Waals surface area contributed by atoms with Gasteiger partial charge in [0.05, 0.1) is 5.69 Å². The minimum Gasteiger partial charge on any atom is -0.336 e. The molecular weight excluding hydrogens is 250 g/mol. The maximum absolute atomic E-state index is 12.2. The molecule has 0 aromatic carbocycles. The van der Waals surface area contributed by atoms with E-state index in [-0.39, 0.29) is 5.91 Å². The van der Waals surface area contributed by atoms with Crippen LogP contribution in [0.4, 0.5) is 0 Å². The van der Waals surface area contributed by atoms with E-state index in [4.69, 9.17) is 0 Å². The Morgan fingerprint density at radius 3 is 2.65 bits per heavy atom. The molecule has 0 N–H and O–H groups in total. The molecule has 1 saturated heterocycles. The van der Waals surface area contributed by atoms with Crippen LogP contribution in [-0.2, 0) is 11.3 Å². The van der Waals surface area contributed by atoms with E-state index < -0.39 is 0 Å². The highest BCUT2D eigenvalue weighted by Crippen LogP contribution is 2.10. The highest BCUT2D eigenvalue weighted by molar-refractivity contribution is 5.92. The second-order valence-electron chi connectivity index (χ2n) is 5.18. The zero-order valence-corrected chi connectivity index (χ0v) is 12.4. The van der Waals surface area contributed by atoms with Gasteiger partial charge in [0.15, 0.2) is 0 Å². The summed E-state index contributed by atoms with van der Waals surface area (Å²) in [6, 6.07) is 6.00. The SMILES string of the molecule is CC/C=C(/C)C(=O)N1CCN(Cc2ccccn2)CC1. The van der Waals surface area contributed by atoms with E-state index in [0.717, 1.165) is 50.4 Å². The molecule has 1 amide bonds. The molecule has 108 valence electrons. The number of nitrogens with zero attached hydrogens (tertiary/aromatic N) is 3. The first-order valence-electron chi connectivity index (χ1n) is 7.29. The van der Waals surface area contributed by atoms with E-state index in [1.807, 2.05) is 42.3 Å². The maximum Gasteiger partial charge on any atom is 0.249 e. The Morgan fingerprint density at radius 2 is 2.05 bits per heavy atom. The lowest BCUT2D eigenvalue weighted by Crippen LogP contribution is -2.48. The van der Waals surface area contributed by atoms with Gasteiger partial charge >= 0.3 is 0 Å². The lowest BCUT2D eigenvalue weighted by Gasteiger charge is -2.34. The van der Waals surface area contributed by atoms with Crippen molar-refractivity contribution in [1.82, 2.24) is 14.8 Å². The van der Waals surface area contributed by atoms with E-state index in [1.165, 1.54) is 0 Å². The summed E-state index contributed by atoms with van der Waals surface area (Å²) in [5.74, 6) is 0.185. The second kappa shape index (κ2) is 7.20. The lowest BCUT2D eigenvalue weighted by molar-refractivity contribution is -0.128. The fourth-order valence-electron chi connectivity index (χ4n) is 2.47. The van der Waals surface area contributed by atoms with Gasteiger partial charge in [-0.2, -0.15) is 0 Å². The Balaban J connectivity index is 1.83. The molecule has 1 aliphatic heterocycles. The number of hydrogen-bond acceptors (Lipinski definition) is 3. The highest BCUT2D eigenvalue weighted by atomic mass is 16.2. The number of pyridine rings is 1. The van der Waals surface area contributed by atoms with Gasteiger partial charge in [-0.25, -0.2) is 0 Å². The number of rotatable bonds is 4. The highest BCUT2D eigenvalue weighted by Gasteiger charge is 2.21. The van der Waals surface area contributed by atoms with Crippen LogP contribution < -0.4 is 0 Å². The van der Waals surface area contributed by atoms with Crippen molar-refractivity contribution in [2.45, 2.75) is 26.8 Å². The van der Waals surface area contributed by atoms with Crippen LogP contribution >= 0.6 is 0 Å². The lowest BCUT2D eigenvalue weighted by atomic mass is 10.2. The fourth-order valence-corrected chi connectivity index (χ4v) is 2.47. The van der Waals surface area contributed by atoms with Gasteiger partial charge in [0.25, 0.3) is 0 Å². The Hall–Kier alpha value is -1.68. The van der Waals surface area contributed by atoms with Crippen molar-refractivity contribution >= 4 is 5.91 Å². The summed E-state index contributed by atoms with van der Waals surface area (Å²) < 4.78 is 0. The van der Waals surface area contributed by atoms with Crippen LogP contribution in [-0.4, -0.2) is 46.9 Å². The summed E-state index contributed by atoms with van der Waals surface area (Å²) >= 11 is 0. The number of allylic oxidation sites excluding steroid dienone is 1. The van der Waals surface area contributed by atoms with Gasteiger partial charge < -0.3 is 4.90 Å². The fraction of sp³-hybridized carbons (Fsp3) is 0.500. The van der Waals surface area contributed by atoms with Crippen molar-refractivity contribution in [2.24, 2.45) is 0 Å². The molecular formula is C16H23N3O. The van der Waals surface area contributed by atoms with Crippen LogP contribution in [0.5, 0.6) is 0 Å². The minimum atomic E-state index is 0.185. The average molecular weight is 273 g/mol. The summed E-state index contributed by atoms with van der Waals surface area (Å²) in [5.41, 5.74) is 1.96. The molecule has 0 spiro atoms. The third-order valence-corrected chi connectivity index (χ3v) is 3.62. The average Bonchev–Trinajstić information content (AvgIpc) is 2.48. The zero-order chi connectivity index (χ0) is 14.4. The van der Waals surface area contributed by atoms with Crippen LogP contribution in [0.15, 0.2) is 36.0 Å². The van der Waals surface area contributed by atoms with Crippen LogP contribution in [0, 0.1) is 0 Å². The van der Waals surface area contributed by atoms with Gasteiger partial charge in [0.2, 0.25) is 5.91 Å². The van der Waals surface area contributed by atoms with E-state index in [9.17, 15) is 4.79 Å². The molecule has 1 aromatic heterocycles. The first-order chi connectivity index (χ1) is 9.70. The molecule has 20 heavy (non-hydrogen) atoms. The van der Waals surface area contributed by atoms with Crippen molar-refractivity contribution in [1.29, 1.82) is 0 Å². The third kappa shape index (κ3) is 3.90. The maximum atomic E-state index is 12.2. The summed E-state index contributed by atoms with van der Waals surface area (Å²) in [6.07, 6.45) is 4.74. The van der Waals surface area contributed by atoms with Crippen LogP contribution in [0.3, 0.4) is 0 Å². The molecule has 0 atom stereocenters. The largest absolute Gasteiger partial charge is 0.336 e. The van der Waals surface area contributed by atoms with Gasteiger partial charge in [0.1, 0.15) is 0 Å². The molecule has 1 aromatic rings. The van der Waals surface area contributed by atoms with Gasteiger partial charge in [-0.15, -0.1) is 0 Å². The van der Waals surface area contributed by atoms with Crippen molar-refractivity contribution in [3.8, 4) is 0 Å². The predicted octanol–water partition coefficient (Wildman–Crippen LogP) is 2.08. The van der Waals surface area contributed by atoms with E-state index in [1.54, 1.807) is 0 Å². The number of aromatic nitrogens is 1. The van der Waals surface area contributed by atoms with Gasteiger partial charge in [-0.3, -0.25) is 14.7 Å². The second-order valence-corrected chi connectivity index (χ2v) is 5.18. The number of hydrogen-bond donors (Lipinski definition) is 0. The predicted molar refractivity (Wildman–Crippen MR) is 80.1 cm³/mol. The quantitative estimate of drug-likeness (QED) is 0.788. The molecule has 1 fully saturated rings. The molecule has 4 heteroatoms. The van der Waals surface area contributed by atoms with Crippen molar-refractivity contribution in [3.05, 3.63) is 41.7 Å². The normalized spacial score (nSPS) is 17.3. The van der Waals surface area contributed by atoms with Crippen LogP contribution in [0.1, 0.15) is 26.0 Å². The Labute approximate surface area is 121 Å². The first-order valence-corrected chi connectivity index (χ1v) is 7.29. The number of piperazine rings is 1. The molecule has 0 aliphatic carbocycles. The molecule has 4 nitrogen and oxygen atoms in total.